The van der Waals surface area contributed by atoms with Crippen molar-refractivity contribution in [3.63, 3.8) is 0 Å². The van der Waals surface area contributed by atoms with E-state index in [0.717, 1.165) is 32.1 Å². The predicted octanol–water partition coefficient (Wildman–Crippen LogP) is 2.19. The molecule has 0 fully saturated rings. The molecule has 0 aromatic heterocycles. The number of esters is 1. The second-order valence-electron chi connectivity index (χ2n) is 4.75. The van der Waals surface area contributed by atoms with Crippen molar-refractivity contribution in [2.75, 3.05) is 0 Å². The Kier molecular flexibility index (Phi) is 4.33. The van der Waals surface area contributed by atoms with Gasteiger partial charge >= 0.3 is 5.97 Å². The van der Waals surface area contributed by atoms with Gasteiger partial charge in [0.05, 0.1) is 5.60 Å². The van der Waals surface area contributed by atoms with Crippen molar-refractivity contribution in [1.29, 1.82) is 0 Å². The van der Waals surface area contributed by atoms with Crippen LogP contribution in [0.5, 0.6) is 0 Å². The van der Waals surface area contributed by atoms with Crippen molar-refractivity contribution in [2.45, 2.75) is 57.7 Å². The average molecular weight is 212 g/mol. The van der Waals surface area contributed by atoms with Gasteiger partial charge in [-0.25, -0.2) is 4.79 Å². The molecule has 0 saturated heterocycles. The van der Waals surface area contributed by atoms with Gasteiger partial charge in [-0.1, -0.05) is 12.8 Å². The molecule has 1 unspecified atom stereocenters. The number of rotatable bonds is 6. The summed E-state index contributed by atoms with van der Waals surface area (Å²) >= 11 is 0. The smallest absolute Gasteiger partial charge is 0.331 e. The van der Waals surface area contributed by atoms with Crippen molar-refractivity contribution >= 4 is 5.97 Å². The van der Waals surface area contributed by atoms with Crippen molar-refractivity contribution in [1.82, 2.24) is 0 Å². The van der Waals surface area contributed by atoms with Crippen LogP contribution in [0.4, 0.5) is 0 Å². The van der Waals surface area contributed by atoms with E-state index in [1.54, 1.807) is 0 Å². The van der Waals surface area contributed by atoms with Gasteiger partial charge in [0.15, 0.2) is 0 Å². The fraction of sp³-hybridized carbons (Fsp3) is 0.750. The van der Waals surface area contributed by atoms with Crippen LogP contribution in [0.15, 0.2) is 12.2 Å². The van der Waals surface area contributed by atoms with Gasteiger partial charge in [0.1, 0.15) is 6.10 Å². The molecule has 0 aliphatic carbocycles. The highest BCUT2D eigenvalue weighted by Crippen LogP contribution is 2.17. The second-order valence-corrected chi connectivity index (χ2v) is 4.75. The standard InChI is InChI=1S/C12H20O3/c1-12(2,14)9-5-3-4-6-10-7-8-11(13)15-10/h7-8,10,14H,3-6,9H2,1-2H3. The summed E-state index contributed by atoms with van der Waals surface area (Å²) in [5.41, 5.74) is -0.556. The lowest BCUT2D eigenvalue weighted by Gasteiger charge is -2.16. The molecule has 1 rings (SSSR count). The minimum atomic E-state index is -0.556. The van der Waals surface area contributed by atoms with E-state index >= 15 is 0 Å². The Morgan fingerprint density at radius 1 is 1.40 bits per heavy atom. The molecule has 15 heavy (non-hydrogen) atoms. The van der Waals surface area contributed by atoms with E-state index in [2.05, 4.69) is 0 Å². The third-order valence-corrected chi connectivity index (χ3v) is 2.49. The Balaban J connectivity index is 1.98. The lowest BCUT2D eigenvalue weighted by Crippen LogP contribution is -2.17. The summed E-state index contributed by atoms with van der Waals surface area (Å²) in [6.45, 7) is 3.66. The lowest BCUT2D eigenvalue weighted by molar-refractivity contribution is -0.138. The molecule has 0 aromatic carbocycles. The fourth-order valence-electron chi connectivity index (χ4n) is 1.65. The number of unbranched alkanes of at least 4 members (excludes halogenated alkanes) is 2. The van der Waals surface area contributed by atoms with Crippen molar-refractivity contribution in [2.24, 2.45) is 0 Å². The quantitative estimate of drug-likeness (QED) is 0.542. The zero-order chi connectivity index (χ0) is 11.3. The Hall–Kier alpha value is -0.830. The van der Waals surface area contributed by atoms with Gasteiger partial charge in [0, 0.05) is 6.08 Å². The molecule has 0 bridgehead atoms. The maximum absolute atomic E-state index is 10.7. The van der Waals surface area contributed by atoms with Crippen LogP contribution in [0.2, 0.25) is 0 Å². The SMILES string of the molecule is CC(C)(O)CCCCCC1C=CC(=O)O1. The summed E-state index contributed by atoms with van der Waals surface area (Å²) in [5, 5.41) is 9.48. The summed E-state index contributed by atoms with van der Waals surface area (Å²) in [7, 11) is 0. The van der Waals surface area contributed by atoms with E-state index in [-0.39, 0.29) is 12.1 Å². The maximum atomic E-state index is 10.7. The van der Waals surface area contributed by atoms with Crippen molar-refractivity contribution < 1.29 is 14.6 Å². The number of aliphatic hydroxyl groups is 1. The highest BCUT2D eigenvalue weighted by Gasteiger charge is 2.16. The zero-order valence-corrected chi connectivity index (χ0v) is 9.53. The molecule has 3 nitrogen and oxygen atoms in total. The number of carbonyl (C=O) groups excluding carboxylic acids is 1. The monoisotopic (exact) mass is 212 g/mol. The Morgan fingerprint density at radius 3 is 2.67 bits per heavy atom. The van der Waals surface area contributed by atoms with Crippen LogP contribution >= 0.6 is 0 Å². The molecular weight excluding hydrogens is 192 g/mol. The lowest BCUT2D eigenvalue weighted by atomic mass is 10.00. The Labute approximate surface area is 91.1 Å². The topological polar surface area (TPSA) is 46.5 Å². The molecule has 0 saturated carbocycles. The maximum Gasteiger partial charge on any atom is 0.331 e. The van der Waals surface area contributed by atoms with Gasteiger partial charge in [0.2, 0.25) is 0 Å². The van der Waals surface area contributed by atoms with Crippen molar-refractivity contribution in [3.8, 4) is 0 Å². The second kappa shape index (κ2) is 5.31. The van der Waals surface area contributed by atoms with Crippen LogP contribution in [0, 0.1) is 0 Å². The highest BCUT2D eigenvalue weighted by atomic mass is 16.5. The molecule has 0 amide bonds. The predicted molar refractivity (Wildman–Crippen MR) is 58.4 cm³/mol. The molecule has 0 aromatic rings. The van der Waals surface area contributed by atoms with Crippen LogP contribution in [0.3, 0.4) is 0 Å². The molecule has 1 atom stereocenters. The first-order valence-electron chi connectivity index (χ1n) is 5.58. The molecule has 0 radical (unpaired) electrons. The van der Waals surface area contributed by atoms with E-state index in [9.17, 15) is 9.90 Å². The summed E-state index contributed by atoms with van der Waals surface area (Å²) in [6.07, 6.45) is 8.15. The van der Waals surface area contributed by atoms with E-state index in [1.807, 2.05) is 19.9 Å². The first kappa shape index (κ1) is 12.2. The summed E-state index contributed by atoms with van der Waals surface area (Å²) in [6, 6.07) is 0. The Bertz CT molecular complexity index is 238. The number of hydrogen-bond acceptors (Lipinski definition) is 3. The largest absolute Gasteiger partial charge is 0.455 e. The number of cyclic esters (lactones) is 1. The van der Waals surface area contributed by atoms with Crippen LogP contribution in [0.1, 0.15) is 46.0 Å². The third-order valence-electron chi connectivity index (χ3n) is 2.49. The molecule has 1 aliphatic rings. The number of hydrogen-bond donors (Lipinski definition) is 1. The van der Waals surface area contributed by atoms with Gasteiger partial charge in [-0.05, 0) is 39.2 Å². The number of ether oxygens (including phenoxy) is 1. The van der Waals surface area contributed by atoms with Gasteiger partial charge in [-0.2, -0.15) is 0 Å². The summed E-state index contributed by atoms with van der Waals surface area (Å²) < 4.78 is 5.01. The fourth-order valence-corrected chi connectivity index (χ4v) is 1.65. The van der Waals surface area contributed by atoms with Crippen LogP contribution in [0.25, 0.3) is 0 Å². The third kappa shape index (κ3) is 5.57. The molecule has 3 heteroatoms. The minimum absolute atomic E-state index is 0.0142. The molecule has 0 spiro atoms. The van der Waals surface area contributed by atoms with Gasteiger partial charge in [-0.3, -0.25) is 0 Å². The molecular formula is C12H20O3. The summed E-state index contributed by atoms with van der Waals surface area (Å²) in [4.78, 5) is 10.7. The summed E-state index contributed by atoms with van der Waals surface area (Å²) in [5.74, 6) is -0.225. The number of carbonyl (C=O) groups is 1. The normalized spacial score (nSPS) is 20.7. The van der Waals surface area contributed by atoms with Crippen LogP contribution < -0.4 is 0 Å². The average Bonchev–Trinajstić information content (AvgIpc) is 2.49. The molecule has 1 N–H and O–H groups in total. The van der Waals surface area contributed by atoms with Gasteiger partial charge < -0.3 is 9.84 Å². The van der Waals surface area contributed by atoms with E-state index in [4.69, 9.17) is 4.74 Å². The van der Waals surface area contributed by atoms with Crippen LogP contribution in [-0.2, 0) is 9.53 Å². The van der Waals surface area contributed by atoms with Gasteiger partial charge in [-0.15, -0.1) is 0 Å². The first-order valence-corrected chi connectivity index (χ1v) is 5.58. The molecule has 1 heterocycles. The first-order chi connectivity index (χ1) is 6.97. The molecule has 86 valence electrons. The van der Waals surface area contributed by atoms with E-state index in [0.29, 0.717) is 0 Å². The van der Waals surface area contributed by atoms with Crippen molar-refractivity contribution in [3.05, 3.63) is 12.2 Å². The minimum Gasteiger partial charge on any atom is -0.455 e. The Morgan fingerprint density at radius 2 is 2.13 bits per heavy atom. The molecule has 1 aliphatic heterocycles. The highest BCUT2D eigenvalue weighted by molar-refractivity contribution is 5.84. The van der Waals surface area contributed by atoms with E-state index in [1.165, 1.54) is 6.08 Å². The van der Waals surface area contributed by atoms with Crippen LogP contribution in [-0.4, -0.2) is 22.8 Å². The van der Waals surface area contributed by atoms with Gasteiger partial charge in [0.25, 0.3) is 0 Å². The zero-order valence-electron chi connectivity index (χ0n) is 9.53. The van der Waals surface area contributed by atoms with E-state index < -0.39 is 5.60 Å².